The van der Waals surface area contributed by atoms with Crippen molar-refractivity contribution in [1.82, 2.24) is 0 Å². The lowest BCUT2D eigenvalue weighted by molar-refractivity contribution is 0.514. The summed E-state index contributed by atoms with van der Waals surface area (Å²) in [5.41, 5.74) is 8.35. The van der Waals surface area contributed by atoms with Crippen molar-refractivity contribution in [2.24, 2.45) is 5.73 Å². The second kappa shape index (κ2) is 4.58. The zero-order valence-corrected chi connectivity index (χ0v) is 8.75. The van der Waals surface area contributed by atoms with Gasteiger partial charge in [-0.25, -0.2) is 4.39 Å². The van der Waals surface area contributed by atoms with Crippen LogP contribution >= 0.6 is 0 Å². The molecule has 2 heteroatoms. The molecule has 0 unspecified atom stereocenters. The van der Waals surface area contributed by atoms with Gasteiger partial charge in [0.25, 0.3) is 0 Å². The lowest BCUT2D eigenvalue weighted by Gasteiger charge is -2.20. The normalized spacial score (nSPS) is 21.5. The average Bonchev–Trinajstić information content (AvgIpc) is 2.25. The molecule has 0 bridgehead atoms. The van der Waals surface area contributed by atoms with Crippen molar-refractivity contribution in [3.8, 4) is 0 Å². The molecule has 0 aliphatic heterocycles. The van der Waals surface area contributed by atoms with Gasteiger partial charge in [-0.1, -0.05) is 23.8 Å². The van der Waals surface area contributed by atoms with E-state index in [1.165, 1.54) is 17.7 Å². The van der Waals surface area contributed by atoms with E-state index in [1.54, 1.807) is 0 Å². The van der Waals surface area contributed by atoms with Crippen LogP contribution < -0.4 is 5.73 Å². The minimum absolute atomic E-state index is 0.178. The van der Waals surface area contributed by atoms with Crippen LogP contribution in [0.1, 0.15) is 31.2 Å². The molecule has 1 nitrogen and oxygen atoms in total. The zero-order valence-electron chi connectivity index (χ0n) is 8.75. The molecule has 1 aromatic rings. The number of benzene rings is 1. The smallest absolute Gasteiger partial charge is 0.123 e. The summed E-state index contributed by atoms with van der Waals surface area (Å²) in [5.74, 6) is -0.178. The van der Waals surface area contributed by atoms with Crippen LogP contribution in [0, 0.1) is 5.82 Å². The summed E-state index contributed by atoms with van der Waals surface area (Å²) < 4.78 is 12.7. The molecule has 0 amide bonds. The molecule has 0 spiro atoms. The Morgan fingerprint density at radius 3 is 2.33 bits per heavy atom. The third-order valence-corrected chi connectivity index (χ3v) is 2.91. The van der Waals surface area contributed by atoms with Crippen LogP contribution in [0.5, 0.6) is 0 Å². The second-order valence-corrected chi connectivity index (χ2v) is 4.19. The topological polar surface area (TPSA) is 26.0 Å². The summed E-state index contributed by atoms with van der Waals surface area (Å²) in [7, 11) is 0. The number of rotatable bonds is 1. The molecule has 0 heterocycles. The quantitative estimate of drug-likeness (QED) is 0.749. The van der Waals surface area contributed by atoms with Gasteiger partial charge in [-0.2, -0.15) is 0 Å². The van der Waals surface area contributed by atoms with E-state index in [1.807, 2.05) is 12.1 Å². The number of halogens is 1. The first-order valence-corrected chi connectivity index (χ1v) is 5.44. The van der Waals surface area contributed by atoms with Crippen molar-refractivity contribution < 1.29 is 4.39 Å². The van der Waals surface area contributed by atoms with Crippen LogP contribution in [0.25, 0.3) is 6.08 Å². The van der Waals surface area contributed by atoms with Gasteiger partial charge < -0.3 is 5.73 Å². The van der Waals surface area contributed by atoms with Gasteiger partial charge in [-0.15, -0.1) is 0 Å². The Balaban J connectivity index is 2.06. The number of hydrogen-bond acceptors (Lipinski definition) is 1. The van der Waals surface area contributed by atoms with E-state index in [0.29, 0.717) is 6.04 Å². The molecule has 2 rings (SSSR count). The molecule has 1 aromatic carbocycles. The standard InChI is InChI=1S/C13H16FN/c14-12-5-1-10(2-6-12)9-11-3-7-13(15)8-4-11/h1-2,5-6,9,13H,3-4,7-8,15H2. The van der Waals surface area contributed by atoms with Crippen molar-refractivity contribution in [1.29, 1.82) is 0 Å². The van der Waals surface area contributed by atoms with Crippen LogP contribution in [-0.4, -0.2) is 6.04 Å². The number of nitrogens with two attached hydrogens (primary N) is 1. The Bertz CT molecular complexity index is 343. The molecule has 0 aromatic heterocycles. The van der Waals surface area contributed by atoms with E-state index in [9.17, 15) is 4.39 Å². The first-order valence-electron chi connectivity index (χ1n) is 5.44. The van der Waals surface area contributed by atoms with Crippen molar-refractivity contribution in [2.45, 2.75) is 31.7 Å². The minimum atomic E-state index is -0.178. The van der Waals surface area contributed by atoms with Gasteiger partial charge in [0.1, 0.15) is 5.82 Å². The van der Waals surface area contributed by atoms with Crippen molar-refractivity contribution in [3.05, 3.63) is 41.2 Å². The summed E-state index contributed by atoms with van der Waals surface area (Å²) in [5, 5.41) is 0. The number of hydrogen-bond donors (Lipinski definition) is 1. The van der Waals surface area contributed by atoms with Crippen LogP contribution in [0.2, 0.25) is 0 Å². The maximum absolute atomic E-state index is 12.7. The van der Waals surface area contributed by atoms with Gasteiger partial charge in [0.05, 0.1) is 0 Å². The summed E-state index contributed by atoms with van der Waals surface area (Å²) in [6, 6.07) is 7.01. The molecule has 1 saturated carbocycles. The molecule has 0 radical (unpaired) electrons. The van der Waals surface area contributed by atoms with Gasteiger partial charge in [0, 0.05) is 6.04 Å². The van der Waals surface area contributed by atoms with Gasteiger partial charge in [0.2, 0.25) is 0 Å². The Hall–Kier alpha value is -1.15. The highest BCUT2D eigenvalue weighted by atomic mass is 19.1. The molecule has 1 fully saturated rings. The van der Waals surface area contributed by atoms with Gasteiger partial charge in [-0.05, 0) is 43.4 Å². The highest BCUT2D eigenvalue weighted by molar-refractivity contribution is 5.52. The number of allylic oxidation sites excluding steroid dienone is 1. The van der Waals surface area contributed by atoms with E-state index in [4.69, 9.17) is 5.73 Å². The average molecular weight is 205 g/mol. The first-order chi connectivity index (χ1) is 7.24. The van der Waals surface area contributed by atoms with Crippen LogP contribution in [0.4, 0.5) is 4.39 Å². The highest BCUT2D eigenvalue weighted by Crippen LogP contribution is 2.24. The van der Waals surface area contributed by atoms with Gasteiger partial charge in [-0.3, -0.25) is 0 Å². The fourth-order valence-electron chi connectivity index (χ4n) is 1.95. The molecule has 15 heavy (non-hydrogen) atoms. The zero-order chi connectivity index (χ0) is 10.7. The van der Waals surface area contributed by atoms with E-state index >= 15 is 0 Å². The minimum Gasteiger partial charge on any atom is -0.328 e. The third-order valence-electron chi connectivity index (χ3n) is 2.91. The molecule has 0 saturated heterocycles. The second-order valence-electron chi connectivity index (χ2n) is 4.19. The van der Waals surface area contributed by atoms with E-state index in [2.05, 4.69) is 6.08 Å². The molecule has 1 aliphatic rings. The molecular formula is C13H16FN. The predicted molar refractivity (Wildman–Crippen MR) is 60.8 cm³/mol. The Labute approximate surface area is 89.8 Å². The first kappa shape index (κ1) is 10.4. The molecule has 80 valence electrons. The van der Waals surface area contributed by atoms with Crippen LogP contribution in [-0.2, 0) is 0 Å². The Morgan fingerprint density at radius 2 is 1.73 bits per heavy atom. The molecule has 0 atom stereocenters. The van der Waals surface area contributed by atoms with E-state index in [-0.39, 0.29) is 5.82 Å². The maximum Gasteiger partial charge on any atom is 0.123 e. The summed E-state index contributed by atoms with van der Waals surface area (Å²) in [4.78, 5) is 0. The van der Waals surface area contributed by atoms with Crippen molar-refractivity contribution in [3.63, 3.8) is 0 Å². The van der Waals surface area contributed by atoms with Crippen molar-refractivity contribution >= 4 is 6.08 Å². The lowest BCUT2D eigenvalue weighted by atomic mass is 9.90. The Morgan fingerprint density at radius 1 is 1.13 bits per heavy atom. The highest BCUT2D eigenvalue weighted by Gasteiger charge is 2.11. The fraction of sp³-hybridized carbons (Fsp3) is 0.385. The largest absolute Gasteiger partial charge is 0.328 e. The monoisotopic (exact) mass is 205 g/mol. The van der Waals surface area contributed by atoms with E-state index in [0.717, 1.165) is 31.2 Å². The summed E-state index contributed by atoms with van der Waals surface area (Å²) >= 11 is 0. The fourth-order valence-corrected chi connectivity index (χ4v) is 1.95. The Kier molecular flexibility index (Phi) is 3.17. The molecule has 1 aliphatic carbocycles. The van der Waals surface area contributed by atoms with Gasteiger partial charge >= 0.3 is 0 Å². The lowest BCUT2D eigenvalue weighted by Crippen LogP contribution is -2.23. The molecular weight excluding hydrogens is 189 g/mol. The SMILES string of the molecule is NC1CCC(=Cc2ccc(F)cc2)CC1. The van der Waals surface area contributed by atoms with Crippen molar-refractivity contribution in [2.75, 3.05) is 0 Å². The third kappa shape index (κ3) is 2.90. The van der Waals surface area contributed by atoms with E-state index < -0.39 is 0 Å². The summed E-state index contributed by atoms with van der Waals surface area (Å²) in [6.07, 6.45) is 6.47. The van der Waals surface area contributed by atoms with Gasteiger partial charge in [0.15, 0.2) is 0 Å². The maximum atomic E-state index is 12.7. The van der Waals surface area contributed by atoms with Crippen LogP contribution in [0.3, 0.4) is 0 Å². The van der Waals surface area contributed by atoms with Crippen LogP contribution in [0.15, 0.2) is 29.8 Å². The molecule has 2 N–H and O–H groups in total. The summed E-state index contributed by atoms with van der Waals surface area (Å²) in [6.45, 7) is 0. The predicted octanol–water partition coefficient (Wildman–Crippen LogP) is 3.11.